The molecule has 2 aliphatic rings. The van der Waals surface area contributed by atoms with Crippen LogP contribution in [0.1, 0.15) is 52.4 Å². The van der Waals surface area contributed by atoms with Crippen LogP contribution in [-0.2, 0) is 9.68 Å². The minimum absolute atomic E-state index is 0.316. The summed E-state index contributed by atoms with van der Waals surface area (Å²) < 4.78 is 10.5. The summed E-state index contributed by atoms with van der Waals surface area (Å²) in [5.41, 5.74) is 10.6. The molecule has 0 spiro atoms. The summed E-state index contributed by atoms with van der Waals surface area (Å²) >= 11 is 0. The summed E-state index contributed by atoms with van der Waals surface area (Å²) in [4.78, 5) is 10.9. The average molecular weight is 380 g/mol. The number of quaternary nitrogens is 2. The van der Waals surface area contributed by atoms with Crippen molar-refractivity contribution >= 4 is 7.40 Å². The standard InChI is InChI=1S/2C7H16N3O.BFO2/c2*1-2-11-10(9-8)6-4-3-5-7-10;2-1(3)4/h2*8H,2-7H2,1H3;/q2*+1;-2/p+2. The van der Waals surface area contributed by atoms with Crippen molar-refractivity contribution in [3.8, 4) is 0 Å². The molecule has 2 aliphatic heterocycles. The Hall–Kier alpha value is -1.05. The van der Waals surface area contributed by atoms with Crippen LogP contribution in [0.15, 0.2) is 10.4 Å². The molecule has 152 valence electrons. The lowest BCUT2D eigenvalue weighted by atomic mass is 10.2. The molecular formula is C14H34BFN6O4+2. The van der Waals surface area contributed by atoms with E-state index in [-0.39, 0.29) is 0 Å². The van der Waals surface area contributed by atoms with Crippen LogP contribution in [0.4, 0.5) is 4.32 Å². The lowest BCUT2D eigenvalue weighted by molar-refractivity contribution is -1.13. The molecule has 2 fully saturated rings. The predicted molar refractivity (Wildman–Crippen MR) is 86.5 cm³/mol. The van der Waals surface area contributed by atoms with Crippen molar-refractivity contribution in [3.05, 3.63) is 0 Å². The Bertz CT molecular complexity index is 337. The minimum Gasteiger partial charge on any atom is -0.867 e. The molecule has 0 amide bonds. The quantitative estimate of drug-likeness (QED) is 0.306. The van der Waals surface area contributed by atoms with E-state index in [1.54, 1.807) is 0 Å². The van der Waals surface area contributed by atoms with Crippen molar-refractivity contribution in [1.29, 1.82) is 0 Å². The zero-order valence-corrected chi connectivity index (χ0v) is 16.0. The summed E-state index contributed by atoms with van der Waals surface area (Å²) in [6.07, 6.45) is 7.23. The van der Waals surface area contributed by atoms with Crippen molar-refractivity contribution in [2.24, 2.45) is 10.4 Å². The van der Waals surface area contributed by atoms with Gasteiger partial charge in [0.25, 0.3) is 0 Å². The van der Waals surface area contributed by atoms with Gasteiger partial charge in [0.15, 0.2) is 0 Å². The second-order valence-corrected chi connectivity index (χ2v) is 6.05. The number of piperidine rings is 2. The molecule has 4 N–H and O–H groups in total. The SMILES string of the molecule is CCO[N+]1(N=[NH2+])CCCCC1.CCO[N+]1(N=[NH2+])CCCCC1.[O-]B([O-])F. The molecule has 2 heterocycles. The van der Waals surface area contributed by atoms with E-state index in [4.69, 9.17) is 30.8 Å². The Morgan fingerprint density at radius 3 is 1.27 bits per heavy atom. The van der Waals surface area contributed by atoms with Crippen LogP contribution in [0.3, 0.4) is 0 Å². The van der Waals surface area contributed by atoms with E-state index in [1.165, 1.54) is 38.5 Å². The van der Waals surface area contributed by atoms with E-state index in [9.17, 15) is 4.32 Å². The average Bonchev–Trinajstić information content (AvgIpc) is 2.64. The molecular weight excluding hydrogens is 346 g/mol. The third kappa shape index (κ3) is 10.2. The van der Waals surface area contributed by atoms with Gasteiger partial charge in [0, 0.05) is 25.7 Å². The Morgan fingerprint density at radius 2 is 1.08 bits per heavy atom. The van der Waals surface area contributed by atoms with Gasteiger partial charge in [-0.15, -0.1) is 11.1 Å². The fourth-order valence-corrected chi connectivity index (χ4v) is 3.05. The maximum atomic E-state index is 9.89. The fourth-order valence-electron chi connectivity index (χ4n) is 3.05. The molecule has 0 bridgehead atoms. The van der Waals surface area contributed by atoms with Gasteiger partial charge < -0.3 is 14.4 Å². The Labute approximate surface area is 155 Å². The Kier molecular flexibility index (Phi) is 13.5. The van der Waals surface area contributed by atoms with Crippen molar-refractivity contribution in [2.75, 3.05) is 39.4 Å². The normalized spacial score (nSPS) is 20.5. The van der Waals surface area contributed by atoms with E-state index >= 15 is 0 Å². The van der Waals surface area contributed by atoms with E-state index in [0.29, 0.717) is 22.7 Å². The highest BCUT2D eigenvalue weighted by atomic mass is 19.1. The van der Waals surface area contributed by atoms with Gasteiger partial charge in [0.05, 0.1) is 0 Å². The van der Waals surface area contributed by atoms with Crippen LogP contribution in [0.2, 0.25) is 0 Å². The van der Waals surface area contributed by atoms with Crippen LogP contribution in [0, 0.1) is 0 Å². The first-order valence-electron chi connectivity index (χ1n) is 9.23. The van der Waals surface area contributed by atoms with E-state index in [0.717, 1.165) is 26.2 Å². The van der Waals surface area contributed by atoms with Gasteiger partial charge >= 0.3 is 0 Å². The number of hydroxylamine groups is 4. The molecule has 2 rings (SSSR count). The fraction of sp³-hybridized carbons (Fsp3) is 1.00. The van der Waals surface area contributed by atoms with Gasteiger partial charge in [-0.1, -0.05) is 0 Å². The molecule has 12 heteroatoms. The smallest absolute Gasteiger partial charge is 0.210 e. The highest BCUT2D eigenvalue weighted by molar-refractivity contribution is 6.27. The summed E-state index contributed by atoms with van der Waals surface area (Å²) in [5, 5.41) is 24.2. The van der Waals surface area contributed by atoms with Crippen LogP contribution in [-0.4, -0.2) is 56.3 Å². The van der Waals surface area contributed by atoms with Gasteiger partial charge in [0.1, 0.15) is 46.8 Å². The first-order chi connectivity index (χ1) is 12.4. The van der Waals surface area contributed by atoms with Gasteiger partial charge in [-0.25, -0.2) is 0 Å². The highest BCUT2D eigenvalue weighted by Gasteiger charge is 2.35. The van der Waals surface area contributed by atoms with E-state index in [2.05, 4.69) is 10.4 Å². The summed E-state index contributed by atoms with van der Waals surface area (Å²) in [6, 6.07) is 0. The van der Waals surface area contributed by atoms with Crippen LogP contribution in [0.25, 0.3) is 0 Å². The summed E-state index contributed by atoms with van der Waals surface area (Å²) in [5.74, 6) is 0. The Morgan fingerprint density at radius 1 is 0.808 bits per heavy atom. The zero-order chi connectivity index (χ0) is 19.9. The third-order valence-electron chi connectivity index (χ3n) is 4.19. The van der Waals surface area contributed by atoms with Crippen LogP contribution >= 0.6 is 0 Å². The molecule has 0 radical (unpaired) electrons. The molecule has 0 unspecified atom stereocenters. The Balaban J connectivity index is 0.000000401. The van der Waals surface area contributed by atoms with Crippen molar-refractivity contribution in [1.82, 2.24) is 0 Å². The summed E-state index contributed by atoms with van der Waals surface area (Å²) in [6.45, 7) is 9.05. The van der Waals surface area contributed by atoms with E-state index in [1.807, 2.05) is 13.8 Å². The van der Waals surface area contributed by atoms with Gasteiger partial charge in [-0.05, 0) is 36.2 Å². The molecule has 0 aromatic carbocycles. The topological polar surface area (TPSA) is 140 Å². The summed E-state index contributed by atoms with van der Waals surface area (Å²) in [7, 11) is -3.17. The number of nitrogens with two attached hydrogens (primary N) is 2. The number of hydrogen-bond acceptors (Lipinski definition) is 6. The second-order valence-electron chi connectivity index (χ2n) is 6.05. The van der Waals surface area contributed by atoms with Gasteiger partial charge in [-0.2, -0.15) is 9.68 Å². The lowest BCUT2D eigenvalue weighted by Crippen LogP contribution is -2.52. The number of halogens is 1. The largest absolute Gasteiger partial charge is 0.867 e. The third-order valence-corrected chi connectivity index (χ3v) is 4.19. The predicted octanol–water partition coefficient (Wildman–Crippen LogP) is -2.21. The lowest BCUT2D eigenvalue weighted by Gasteiger charge is -2.27. The second kappa shape index (κ2) is 14.1. The van der Waals surface area contributed by atoms with Crippen molar-refractivity contribution in [3.63, 3.8) is 0 Å². The number of rotatable bonds is 6. The zero-order valence-electron chi connectivity index (χ0n) is 16.0. The van der Waals surface area contributed by atoms with E-state index < -0.39 is 7.40 Å². The molecule has 2 saturated heterocycles. The molecule has 0 aromatic heterocycles. The number of hydrogen-bond donors (Lipinski definition) is 2. The number of nitrogens with zero attached hydrogens (tertiary/aromatic N) is 4. The maximum Gasteiger partial charge on any atom is 0.210 e. The molecule has 0 aromatic rings. The van der Waals surface area contributed by atoms with Crippen molar-refractivity contribution < 1.29 is 44.6 Å². The molecule has 0 saturated carbocycles. The van der Waals surface area contributed by atoms with Crippen LogP contribution < -0.4 is 21.1 Å². The highest BCUT2D eigenvalue weighted by Crippen LogP contribution is 2.19. The molecule has 26 heavy (non-hydrogen) atoms. The van der Waals surface area contributed by atoms with Crippen molar-refractivity contribution in [2.45, 2.75) is 52.4 Å². The first-order valence-corrected chi connectivity index (χ1v) is 9.23. The van der Waals surface area contributed by atoms with Gasteiger partial charge in [-0.3, -0.25) is 0 Å². The molecule has 0 atom stereocenters. The first kappa shape index (κ1) is 25.0. The molecule has 10 nitrogen and oxygen atoms in total. The monoisotopic (exact) mass is 380 g/mol. The maximum absolute atomic E-state index is 9.89. The molecule has 0 aliphatic carbocycles. The minimum atomic E-state index is -3.17. The van der Waals surface area contributed by atoms with Crippen LogP contribution in [0.5, 0.6) is 0 Å². The van der Waals surface area contributed by atoms with Gasteiger partial charge in [0.2, 0.25) is 10.4 Å².